The maximum Gasteiger partial charge on any atom is 0.412 e. The maximum absolute atomic E-state index is 12.0. The summed E-state index contributed by atoms with van der Waals surface area (Å²) in [5.41, 5.74) is 2.10. The van der Waals surface area contributed by atoms with E-state index in [0.717, 1.165) is 11.1 Å². The molecule has 2 aromatic carbocycles. The lowest BCUT2D eigenvalue weighted by Gasteiger charge is -2.20. The number of hydrogen-bond donors (Lipinski definition) is 1. The fraction of sp³-hybridized carbons (Fsp3) is 0.364. The minimum atomic E-state index is -0.554. The zero-order valence-electron chi connectivity index (χ0n) is 16.3. The van der Waals surface area contributed by atoms with E-state index in [1.165, 1.54) is 0 Å². The van der Waals surface area contributed by atoms with Crippen LogP contribution in [0, 0.1) is 0 Å². The Labute approximate surface area is 160 Å². The second kappa shape index (κ2) is 9.21. The molecule has 2 aromatic rings. The summed E-state index contributed by atoms with van der Waals surface area (Å²) in [5, 5.41) is 2.71. The molecule has 0 aliphatic carbocycles. The van der Waals surface area contributed by atoms with Crippen molar-refractivity contribution in [3.05, 3.63) is 65.7 Å². The average Bonchev–Trinajstić information content (AvgIpc) is 2.60. The Morgan fingerprint density at radius 2 is 1.56 bits per heavy atom. The molecule has 1 amide bonds. The molecule has 0 radical (unpaired) electrons. The van der Waals surface area contributed by atoms with Gasteiger partial charge in [-0.3, -0.25) is 10.1 Å². The molecule has 0 saturated carbocycles. The molecule has 1 unspecified atom stereocenters. The molecule has 0 aliphatic rings. The molecule has 0 spiro atoms. The van der Waals surface area contributed by atoms with E-state index in [1.807, 2.05) is 63.2 Å². The van der Waals surface area contributed by atoms with Crippen molar-refractivity contribution in [2.24, 2.45) is 0 Å². The lowest BCUT2D eigenvalue weighted by atomic mass is 9.88. The van der Waals surface area contributed by atoms with Gasteiger partial charge in [-0.15, -0.1) is 0 Å². The lowest BCUT2D eigenvalue weighted by Crippen LogP contribution is -2.27. The minimum absolute atomic E-state index is 0.110. The van der Waals surface area contributed by atoms with Crippen molar-refractivity contribution < 1.29 is 19.1 Å². The summed E-state index contributed by atoms with van der Waals surface area (Å²) in [4.78, 5) is 23.9. The van der Waals surface area contributed by atoms with Crippen molar-refractivity contribution in [1.82, 2.24) is 0 Å². The summed E-state index contributed by atoms with van der Waals surface area (Å²) in [7, 11) is 0. The Bertz CT molecular complexity index is 748. The Morgan fingerprint density at radius 1 is 0.963 bits per heavy atom. The van der Waals surface area contributed by atoms with Crippen LogP contribution in [0.3, 0.4) is 0 Å². The first-order chi connectivity index (χ1) is 12.8. The van der Waals surface area contributed by atoms with Crippen LogP contribution >= 0.6 is 0 Å². The Hall–Kier alpha value is -2.82. The quantitative estimate of drug-likeness (QED) is 0.718. The topological polar surface area (TPSA) is 64.6 Å². The Morgan fingerprint density at radius 3 is 2.11 bits per heavy atom. The number of rotatable bonds is 6. The molecule has 144 valence electrons. The second-order valence-electron chi connectivity index (χ2n) is 7.22. The number of nitrogens with one attached hydrogen (secondary N) is 1. The number of ether oxygens (including phenoxy) is 2. The van der Waals surface area contributed by atoms with Gasteiger partial charge in [0.25, 0.3) is 0 Å². The molecule has 27 heavy (non-hydrogen) atoms. The molecule has 0 saturated heterocycles. The van der Waals surface area contributed by atoms with Gasteiger partial charge in [-0.05, 0) is 51.0 Å². The summed E-state index contributed by atoms with van der Waals surface area (Å²) in [6.45, 7) is 7.60. The first kappa shape index (κ1) is 20.5. The van der Waals surface area contributed by atoms with Crippen LogP contribution in [0.1, 0.15) is 51.2 Å². The Balaban J connectivity index is 2.16. The monoisotopic (exact) mass is 369 g/mol. The normalized spacial score (nSPS) is 12.1. The van der Waals surface area contributed by atoms with E-state index in [4.69, 9.17) is 9.47 Å². The van der Waals surface area contributed by atoms with Crippen molar-refractivity contribution in [1.29, 1.82) is 0 Å². The summed E-state index contributed by atoms with van der Waals surface area (Å²) in [6.07, 6.45) is -0.238. The van der Waals surface area contributed by atoms with Gasteiger partial charge in [-0.25, -0.2) is 4.79 Å². The number of anilines is 1. The van der Waals surface area contributed by atoms with Crippen molar-refractivity contribution in [3.8, 4) is 0 Å². The molecular weight excluding hydrogens is 342 g/mol. The van der Waals surface area contributed by atoms with Gasteiger partial charge in [0.15, 0.2) is 0 Å². The van der Waals surface area contributed by atoms with Crippen LogP contribution in [-0.2, 0) is 14.3 Å². The van der Waals surface area contributed by atoms with Gasteiger partial charge in [-0.2, -0.15) is 0 Å². The third kappa shape index (κ3) is 6.77. The molecule has 0 aromatic heterocycles. The molecule has 0 bridgehead atoms. The van der Waals surface area contributed by atoms with E-state index in [0.29, 0.717) is 12.3 Å². The number of carbonyl (C=O) groups excluding carboxylic acids is 2. The lowest BCUT2D eigenvalue weighted by molar-refractivity contribution is -0.143. The predicted molar refractivity (Wildman–Crippen MR) is 106 cm³/mol. The zero-order valence-corrected chi connectivity index (χ0v) is 16.3. The van der Waals surface area contributed by atoms with Gasteiger partial charge in [0.1, 0.15) is 5.60 Å². The van der Waals surface area contributed by atoms with E-state index < -0.39 is 11.7 Å². The van der Waals surface area contributed by atoms with Gasteiger partial charge in [-0.1, -0.05) is 42.5 Å². The molecule has 5 heteroatoms. The van der Waals surface area contributed by atoms with Gasteiger partial charge < -0.3 is 9.47 Å². The molecule has 0 aliphatic heterocycles. The highest BCUT2D eigenvalue weighted by molar-refractivity contribution is 5.84. The third-order valence-corrected chi connectivity index (χ3v) is 3.84. The Kier molecular flexibility index (Phi) is 6.99. The fourth-order valence-electron chi connectivity index (χ4n) is 2.72. The van der Waals surface area contributed by atoms with Crippen molar-refractivity contribution in [2.45, 2.75) is 45.6 Å². The third-order valence-electron chi connectivity index (χ3n) is 3.84. The molecular formula is C22H27NO4. The molecule has 5 nitrogen and oxygen atoms in total. The van der Waals surface area contributed by atoms with Gasteiger partial charge in [0.2, 0.25) is 0 Å². The molecule has 1 N–H and O–H groups in total. The highest BCUT2D eigenvalue weighted by Crippen LogP contribution is 2.29. The SMILES string of the molecule is CCOC(=O)CC(c1ccccc1)c1ccc(NC(=O)OC(C)(C)C)cc1. The van der Waals surface area contributed by atoms with Gasteiger partial charge in [0.05, 0.1) is 13.0 Å². The van der Waals surface area contributed by atoms with Crippen molar-refractivity contribution in [3.63, 3.8) is 0 Å². The molecule has 1 atom stereocenters. The number of hydrogen-bond acceptors (Lipinski definition) is 4. The van der Waals surface area contributed by atoms with Crippen LogP contribution in [0.5, 0.6) is 0 Å². The minimum Gasteiger partial charge on any atom is -0.466 e. The largest absolute Gasteiger partial charge is 0.466 e. The first-order valence-electron chi connectivity index (χ1n) is 9.09. The second-order valence-corrected chi connectivity index (χ2v) is 7.22. The summed E-state index contributed by atoms with van der Waals surface area (Å²) < 4.78 is 10.4. The van der Waals surface area contributed by atoms with Crippen molar-refractivity contribution >= 4 is 17.7 Å². The highest BCUT2D eigenvalue weighted by atomic mass is 16.6. The zero-order chi connectivity index (χ0) is 19.9. The molecule has 0 heterocycles. The van der Waals surface area contributed by atoms with E-state index in [-0.39, 0.29) is 18.3 Å². The van der Waals surface area contributed by atoms with Gasteiger partial charge in [0, 0.05) is 11.6 Å². The molecule has 0 fully saturated rings. The van der Waals surface area contributed by atoms with E-state index >= 15 is 0 Å². The smallest absolute Gasteiger partial charge is 0.412 e. The van der Waals surface area contributed by atoms with E-state index in [1.54, 1.807) is 19.1 Å². The van der Waals surface area contributed by atoms with Crippen LogP contribution in [0.15, 0.2) is 54.6 Å². The number of carbonyl (C=O) groups is 2. The van der Waals surface area contributed by atoms with Crippen LogP contribution in [0.2, 0.25) is 0 Å². The van der Waals surface area contributed by atoms with Crippen molar-refractivity contribution in [2.75, 3.05) is 11.9 Å². The van der Waals surface area contributed by atoms with Crippen LogP contribution in [0.4, 0.5) is 10.5 Å². The van der Waals surface area contributed by atoms with Crippen LogP contribution in [-0.4, -0.2) is 24.3 Å². The summed E-state index contributed by atoms with van der Waals surface area (Å²) >= 11 is 0. The van der Waals surface area contributed by atoms with Crippen LogP contribution in [0.25, 0.3) is 0 Å². The van der Waals surface area contributed by atoms with E-state index in [9.17, 15) is 9.59 Å². The molecule has 2 rings (SSSR count). The van der Waals surface area contributed by atoms with E-state index in [2.05, 4.69) is 5.32 Å². The first-order valence-corrected chi connectivity index (χ1v) is 9.09. The standard InChI is InChI=1S/C22H27NO4/c1-5-26-20(24)15-19(16-9-7-6-8-10-16)17-11-13-18(14-12-17)23-21(25)27-22(2,3)4/h6-14,19H,5,15H2,1-4H3,(H,23,25). The summed E-state index contributed by atoms with van der Waals surface area (Å²) in [5.74, 6) is -0.344. The fourth-order valence-corrected chi connectivity index (χ4v) is 2.72. The predicted octanol–water partition coefficient (Wildman–Crippen LogP) is 5.12. The van der Waals surface area contributed by atoms with Gasteiger partial charge >= 0.3 is 12.1 Å². The van der Waals surface area contributed by atoms with Crippen LogP contribution < -0.4 is 5.32 Å². The number of benzene rings is 2. The highest BCUT2D eigenvalue weighted by Gasteiger charge is 2.20. The summed E-state index contributed by atoms with van der Waals surface area (Å²) in [6, 6.07) is 17.3. The number of amides is 1. The number of esters is 1. The maximum atomic E-state index is 12.0. The average molecular weight is 369 g/mol.